The molecule has 1 aliphatic rings. The number of alkyl halides is 3. The van der Waals surface area contributed by atoms with E-state index in [1.54, 1.807) is 24.8 Å². The number of aromatic nitrogens is 3. The fourth-order valence-corrected chi connectivity index (χ4v) is 3.57. The highest BCUT2D eigenvalue weighted by Crippen LogP contribution is 2.33. The van der Waals surface area contributed by atoms with Crippen molar-refractivity contribution < 1.29 is 18.0 Å². The molecule has 0 saturated carbocycles. The summed E-state index contributed by atoms with van der Waals surface area (Å²) in [5.41, 5.74) is 3.01. The van der Waals surface area contributed by atoms with Gasteiger partial charge in [-0.05, 0) is 48.4 Å². The van der Waals surface area contributed by atoms with Crippen molar-refractivity contribution in [3.8, 4) is 16.8 Å². The van der Waals surface area contributed by atoms with Crippen molar-refractivity contribution in [3.05, 3.63) is 66.6 Å². The fourth-order valence-electron chi connectivity index (χ4n) is 3.57. The van der Waals surface area contributed by atoms with Gasteiger partial charge in [-0.1, -0.05) is 6.07 Å². The molecule has 0 radical (unpaired) electrons. The SMILES string of the molecule is O=C1CCC=NN1c1c[nH]c2ccc(-c3cnn(-c4ccc(C(F)(F)F)cc4)c3)cc12. The molecule has 6 nitrogen and oxygen atoms in total. The normalized spacial score (nSPS) is 14.5. The number of hydrogen-bond acceptors (Lipinski definition) is 3. The highest BCUT2D eigenvalue weighted by atomic mass is 19.4. The van der Waals surface area contributed by atoms with E-state index >= 15 is 0 Å². The molecule has 0 bridgehead atoms. The number of nitrogens with zero attached hydrogens (tertiary/aromatic N) is 4. The number of carbonyl (C=O) groups excluding carboxylic acids is 1. The molecule has 0 atom stereocenters. The summed E-state index contributed by atoms with van der Waals surface area (Å²) < 4.78 is 39.9. The summed E-state index contributed by atoms with van der Waals surface area (Å²) in [5.74, 6) is -0.0658. The molecule has 156 valence electrons. The maximum Gasteiger partial charge on any atom is 0.416 e. The van der Waals surface area contributed by atoms with Crippen LogP contribution in [0, 0.1) is 0 Å². The summed E-state index contributed by atoms with van der Waals surface area (Å²) in [5, 5.41) is 10.7. The van der Waals surface area contributed by atoms with Crippen molar-refractivity contribution in [2.45, 2.75) is 19.0 Å². The molecule has 0 unspecified atom stereocenters. The molecule has 3 heterocycles. The first-order valence-corrected chi connectivity index (χ1v) is 9.59. The standard InChI is InChI=1S/C22H16F3N5O/c23-22(24,25)16-4-6-17(7-5-16)29-13-15(11-28-29)14-3-8-19-18(10-14)20(12-26-19)30-21(31)2-1-9-27-30/h3-13,26H,1-2H2. The summed E-state index contributed by atoms with van der Waals surface area (Å²) in [4.78, 5) is 15.4. The smallest absolute Gasteiger partial charge is 0.359 e. The third-order valence-corrected chi connectivity index (χ3v) is 5.18. The monoisotopic (exact) mass is 423 g/mol. The number of benzene rings is 2. The Bertz CT molecular complexity index is 1300. The van der Waals surface area contributed by atoms with Crippen molar-refractivity contribution in [2.24, 2.45) is 5.10 Å². The van der Waals surface area contributed by atoms with Crippen LogP contribution in [-0.2, 0) is 11.0 Å². The number of anilines is 1. The van der Waals surface area contributed by atoms with Crippen LogP contribution < -0.4 is 5.01 Å². The lowest BCUT2D eigenvalue weighted by atomic mass is 10.1. The van der Waals surface area contributed by atoms with Gasteiger partial charge in [0, 0.05) is 41.5 Å². The van der Waals surface area contributed by atoms with Gasteiger partial charge in [-0.3, -0.25) is 4.79 Å². The van der Waals surface area contributed by atoms with Crippen LogP contribution in [0.5, 0.6) is 0 Å². The predicted molar refractivity (Wildman–Crippen MR) is 111 cm³/mol. The van der Waals surface area contributed by atoms with Crippen LogP contribution in [0.4, 0.5) is 18.9 Å². The van der Waals surface area contributed by atoms with E-state index in [2.05, 4.69) is 15.2 Å². The van der Waals surface area contributed by atoms with E-state index in [9.17, 15) is 18.0 Å². The molecule has 0 spiro atoms. The maximum atomic E-state index is 12.8. The fraction of sp³-hybridized carbons (Fsp3) is 0.136. The lowest BCUT2D eigenvalue weighted by Gasteiger charge is -2.19. The van der Waals surface area contributed by atoms with Gasteiger partial charge >= 0.3 is 6.18 Å². The third kappa shape index (κ3) is 3.48. The molecule has 2 aromatic heterocycles. The Kier molecular flexibility index (Phi) is 4.39. The number of carbonyl (C=O) groups is 1. The molecular formula is C22H16F3N5O. The molecule has 4 aromatic rings. The topological polar surface area (TPSA) is 66.3 Å². The van der Waals surface area contributed by atoms with Gasteiger partial charge in [-0.2, -0.15) is 28.4 Å². The Labute approximate surface area is 174 Å². The Balaban J connectivity index is 1.48. The van der Waals surface area contributed by atoms with Crippen LogP contribution in [0.1, 0.15) is 18.4 Å². The van der Waals surface area contributed by atoms with Crippen LogP contribution in [0.2, 0.25) is 0 Å². The second-order valence-corrected chi connectivity index (χ2v) is 7.19. The Morgan fingerprint density at radius 1 is 1.03 bits per heavy atom. The van der Waals surface area contributed by atoms with Crippen LogP contribution in [0.3, 0.4) is 0 Å². The Morgan fingerprint density at radius 3 is 2.58 bits per heavy atom. The van der Waals surface area contributed by atoms with Crippen LogP contribution >= 0.6 is 0 Å². The Hall–Kier alpha value is -3.88. The lowest BCUT2D eigenvalue weighted by Crippen LogP contribution is -2.28. The van der Waals surface area contributed by atoms with E-state index in [0.29, 0.717) is 24.2 Å². The average molecular weight is 423 g/mol. The summed E-state index contributed by atoms with van der Waals surface area (Å²) in [6, 6.07) is 10.6. The summed E-state index contributed by atoms with van der Waals surface area (Å²) >= 11 is 0. The van der Waals surface area contributed by atoms with E-state index in [4.69, 9.17) is 0 Å². The number of nitrogens with one attached hydrogen (secondary N) is 1. The van der Waals surface area contributed by atoms with Gasteiger partial charge in [0.05, 0.1) is 23.1 Å². The van der Waals surface area contributed by atoms with Crippen molar-refractivity contribution in [3.63, 3.8) is 0 Å². The first-order chi connectivity index (χ1) is 14.9. The Morgan fingerprint density at radius 2 is 1.84 bits per heavy atom. The van der Waals surface area contributed by atoms with Crippen molar-refractivity contribution >= 4 is 28.7 Å². The van der Waals surface area contributed by atoms with E-state index in [-0.39, 0.29) is 5.91 Å². The zero-order chi connectivity index (χ0) is 21.6. The van der Waals surface area contributed by atoms with Crippen LogP contribution in [0.15, 0.2) is 66.2 Å². The van der Waals surface area contributed by atoms with Gasteiger partial charge < -0.3 is 4.98 Å². The van der Waals surface area contributed by atoms with Gasteiger partial charge in [0.15, 0.2) is 0 Å². The molecule has 0 fully saturated rings. The zero-order valence-electron chi connectivity index (χ0n) is 16.1. The van der Waals surface area contributed by atoms with E-state index in [1.807, 2.05) is 18.2 Å². The molecule has 2 aromatic carbocycles. The molecule has 5 rings (SSSR count). The van der Waals surface area contributed by atoms with Gasteiger partial charge in [-0.25, -0.2) is 4.68 Å². The van der Waals surface area contributed by atoms with Gasteiger partial charge in [0.2, 0.25) is 5.91 Å². The second-order valence-electron chi connectivity index (χ2n) is 7.19. The predicted octanol–water partition coefficient (Wildman–Crippen LogP) is 5.15. The lowest BCUT2D eigenvalue weighted by molar-refractivity contribution is -0.137. The van der Waals surface area contributed by atoms with Crippen molar-refractivity contribution in [2.75, 3.05) is 5.01 Å². The van der Waals surface area contributed by atoms with Gasteiger partial charge in [0.25, 0.3) is 0 Å². The molecule has 31 heavy (non-hydrogen) atoms. The van der Waals surface area contributed by atoms with Crippen molar-refractivity contribution in [1.29, 1.82) is 0 Å². The number of H-pyrrole nitrogens is 1. The van der Waals surface area contributed by atoms with E-state index < -0.39 is 11.7 Å². The number of fused-ring (bicyclic) bond motifs is 1. The molecule has 1 aliphatic heterocycles. The van der Waals surface area contributed by atoms with Gasteiger partial charge in [-0.15, -0.1) is 0 Å². The van der Waals surface area contributed by atoms with Gasteiger partial charge in [0.1, 0.15) is 0 Å². The molecule has 9 heteroatoms. The number of rotatable bonds is 3. The molecule has 0 saturated heterocycles. The largest absolute Gasteiger partial charge is 0.416 e. The minimum absolute atomic E-state index is 0.0658. The molecule has 0 aliphatic carbocycles. The second kappa shape index (κ2) is 7.12. The number of halogens is 3. The van der Waals surface area contributed by atoms with Crippen molar-refractivity contribution in [1.82, 2.24) is 14.8 Å². The van der Waals surface area contributed by atoms with E-state index in [1.165, 1.54) is 21.8 Å². The first-order valence-electron chi connectivity index (χ1n) is 9.59. The number of amides is 1. The minimum atomic E-state index is -4.38. The highest BCUT2D eigenvalue weighted by Gasteiger charge is 2.30. The molecule has 1 N–H and O–H groups in total. The van der Waals surface area contributed by atoms with Crippen LogP contribution in [-0.4, -0.2) is 26.9 Å². The number of hydrazone groups is 1. The average Bonchev–Trinajstić information content (AvgIpc) is 3.41. The minimum Gasteiger partial charge on any atom is -0.359 e. The zero-order valence-corrected chi connectivity index (χ0v) is 16.1. The maximum absolute atomic E-state index is 12.8. The highest BCUT2D eigenvalue weighted by molar-refractivity contribution is 6.05. The number of hydrogen-bond donors (Lipinski definition) is 1. The summed E-state index contributed by atoms with van der Waals surface area (Å²) in [6.45, 7) is 0. The quantitative estimate of drug-likeness (QED) is 0.495. The summed E-state index contributed by atoms with van der Waals surface area (Å²) in [6.07, 6.45) is 3.54. The van der Waals surface area contributed by atoms with Crippen LogP contribution in [0.25, 0.3) is 27.7 Å². The van der Waals surface area contributed by atoms with E-state index in [0.717, 1.165) is 34.2 Å². The summed E-state index contributed by atoms with van der Waals surface area (Å²) in [7, 11) is 0. The first kappa shape index (κ1) is 19.1. The molecule has 1 amide bonds. The number of aromatic amines is 1. The third-order valence-electron chi connectivity index (χ3n) is 5.18. The molecular weight excluding hydrogens is 407 g/mol.